The van der Waals surface area contributed by atoms with E-state index >= 15 is 0 Å². The molecule has 0 unspecified atom stereocenters. The summed E-state index contributed by atoms with van der Waals surface area (Å²) in [5, 5.41) is 21.2. The van der Waals surface area contributed by atoms with Gasteiger partial charge in [0.1, 0.15) is 16.5 Å². The summed E-state index contributed by atoms with van der Waals surface area (Å²) in [4.78, 5) is 15.0. The largest absolute Gasteiger partial charge is 0.478 e. The minimum Gasteiger partial charge on any atom is -0.478 e. The molecule has 5 nitrogen and oxygen atoms in total. The molecular formula is C12H17ClN2O3. The molecule has 0 aliphatic rings. The molecule has 1 rings (SSSR count). The van der Waals surface area contributed by atoms with Crippen LogP contribution in [0.5, 0.6) is 0 Å². The Bertz CT molecular complexity index is 435. The molecule has 0 saturated heterocycles. The lowest BCUT2D eigenvalue weighted by molar-refractivity contribution is 0.0697. The molecule has 3 N–H and O–H groups in total. The normalized spacial score (nSPS) is 11.3. The standard InChI is InChI=1S/C12H17ClN2O3/c1-12(2,5-6-16)7-14-10-8(11(17)18)3-4-9(13)15-10/h3-4,16H,5-7H2,1-2H3,(H,14,15)(H,17,18). The lowest BCUT2D eigenvalue weighted by atomic mass is 9.90. The average molecular weight is 273 g/mol. The van der Waals surface area contributed by atoms with Gasteiger partial charge in [-0.25, -0.2) is 9.78 Å². The van der Waals surface area contributed by atoms with Crippen LogP contribution in [0, 0.1) is 5.41 Å². The highest BCUT2D eigenvalue weighted by Crippen LogP contribution is 2.22. The number of rotatable bonds is 6. The van der Waals surface area contributed by atoms with E-state index < -0.39 is 5.97 Å². The molecule has 0 atom stereocenters. The second-order valence-electron chi connectivity index (χ2n) is 4.83. The van der Waals surface area contributed by atoms with Crippen molar-refractivity contribution in [3.8, 4) is 0 Å². The molecule has 0 aliphatic heterocycles. The van der Waals surface area contributed by atoms with E-state index in [1.165, 1.54) is 12.1 Å². The summed E-state index contributed by atoms with van der Waals surface area (Å²) in [6.07, 6.45) is 0.614. The van der Waals surface area contributed by atoms with Gasteiger partial charge in [-0.3, -0.25) is 0 Å². The fraction of sp³-hybridized carbons (Fsp3) is 0.500. The van der Waals surface area contributed by atoms with E-state index in [0.717, 1.165) is 0 Å². The van der Waals surface area contributed by atoms with Crippen molar-refractivity contribution in [3.63, 3.8) is 0 Å². The van der Waals surface area contributed by atoms with Crippen molar-refractivity contribution in [2.24, 2.45) is 5.41 Å². The summed E-state index contributed by atoms with van der Waals surface area (Å²) in [5.74, 6) is -0.803. The Hall–Kier alpha value is -1.33. The van der Waals surface area contributed by atoms with Gasteiger partial charge < -0.3 is 15.5 Å². The van der Waals surface area contributed by atoms with Crippen LogP contribution >= 0.6 is 11.6 Å². The number of carboxylic acid groups (broad SMARTS) is 1. The number of carbonyl (C=O) groups is 1. The van der Waals surface area contributed by atoms with Crippen molar-refractivity contribution in [1.29, 1.82) is 0 Å². The van der Waals surface area contributed by atoms with E-state index in [1.807, 2.05) is 13.8 Å². The fourth-order valence-electron chi connectivity index (χ4n) is 1.46. The summed E-state index contributed by atoms with van der Waals surface area (Å²) < 4.78 is 0. The maximum Gasteiger partial charge on any atom is 0.339 e. The van der Waals surface area contributed by atoms with E-state index in [0.29, 0.717) is 13.0 Å². The number of carboxylic acids is 1. The number of aliphatic hydroxyl groups is 1. The van der Waals surface area contributed by atoms with Crippen molar-refractivity contribution in [2.75, 3.05) is 18.5 Å². The molecule has 1 aromatic rings. The van der Waals surface area contributed by atoms with Crippen molar-refractivity contribution < 1.29 is 15.0 Å². The Morgan fingerprint density at radius 1 is 1.50 bits per heavy atom. The van der Waals surface area contributed by atoms with Crippen LogP contribution in [0.2, 0.25) is 5.15 Å². The van der Waals surface area contributed by atoms with Gasteiger partial charge in [-0.15, -0.1) is 0 Å². The van der Waals surface area contributed by atoms with Crippen molar-refractivity contribution >= 4 is 23.4 Å². The fourth-order valence-corrected chi connectivity index (χ4v) is 1.60. The highest BCUT2D eigenvalue weighted by molar-refractivity contribution is 6.29. The van der Waals surface area contributed by atoms with E-state index in [2.05, 4.69) is 10.3 Å². The Kier molecular flexibility index (Phi) is 4.93. The number of hydrogen-bond donors (Lipinski definition) is 3. The van der Waals surface area contributed by atoms with Gasteiger partial charge >= 0.3 is 5.97 Å². The number of pyridine rings is 1. The van der Waals surface area contributed by atoms with E-state index in [1.54, 1.807) is 0 Å². The summed E-state index contributed by atoms with van der Waals surface area (Å²) in [6.45, 7) is 4.53. The van der Waals surface area contributed by atoms with Crippen LogP contribution in [0.15, 0.2) is 12.1 Å². The van der Waals surface area contributed by atoms with E-state index in [9.17, 15) is 4.79 Å². The van der Waals surface area contributed by atoms with Gasteiger partial charge in [-0.05, 0) is 24.0 Å². The second-order valence-corrected chi connectivity index (χ2v) is 5.21. The Morgan fingerprint density at radius 2 is 2.17 bits per heavy atom. The van der Waals surface area contributed by atoms with Crippen LogP contribution in [-0.4, -0.2) is 34.3 Å². The molecule has 0 bridgehead atoms. The average Bonchev–Trinajstić information content (AvgIpc) is 2.26. The minimum atomic E-state index is -1.05. The number of nitrogens with zero attached hydrogens (tertiary/aromatic N) is 1. The number of halogens is 1. The van der Waals surface area contributed by atoms with Gasteiger partial charge in [0.15, 0.2) is 0 Å². The van der Waals surface area contributed by atoms with Gasteiger partial charge in [-0.2, -0.15) is 0 Å². The van der Waals surface area contributed by atoms with Gasteiger partial charge in [0.25, 0.3) is 0 Å². The molecule has 100 valence electrons. The SMILES string of the molecule is CC(C)(CCO)CNc1nc(Cl)ccc1C(=O)O. The summed E-state index contributed by atoms with van der Waals surface area (Å²) >= 11 is 5.75. The highest BCUT2D eigenvalue weighted by Gasteiger charge is 2.19. The minimum absolute atomic E-state index is 0.0826. The van der Waals surface area contributed by atoms with Crippen LogP contribution in [0.1, 0.15) is 30.6 Å². The van der Waals surface area contributed by atoms with Crippen LogP contribution in [-0.2, 0) is 0 Å². The van der Waals surface area contributed by atoms with Crippen LogP contribution < -0.4 is 5.32 Å². The predicted molar refractivity (Wildman–Crippen MR) is 70.2 cm³/mol. The second kappa shape index (κ2) is 6.02. The smallest absolute Gasteiger partial charge is 0.339 e. The number of aromatic nitrogens is 1. The van der Waals surface area contributed by atoms with Crippen LogP contribution in [0.25, 0.3) is 0 Å². The Labute approximate surface area is 111 Å². The third-order valence-corrected chi connectivity index (χ3v) is 2.83. The summed E-state index contributed by atoms with van der Waals surface area (Å²) in [5.41, 5.74) is -0.0756. The first-order chi connectivity index (χ1) is 8.35. The summed E-state index contributed by atoms with van der Waals surface area (Å²) in [6, 6.07) is 2.86. The monoisotopic (exact) mass is 272 g/mol. The van der Waals surface area contributed by atoms with Crippen molar-refractivity contribution in [3.05, 3.63) is 22.8 Å². The van der Waals surface area contributed by atoms with Crippen LogP contribution in [0.3, 0.4) is 0 Å². The first kappa shape index (κ1) is 14.7. The lowest BCUT2D eigenvalue weighted by Crippen LogP contribution is -2.25. The van der Waals surface area contributed by atoms with Gasteiger partial charge in [0.2, 0.25) is 0 Å². The zero-order valence-electron chi connectivity index (χ0n) is 10.4. The maximum atomic E-state index is 11.0. The molecule has 1 heterocycles. The van der Waals surface area contributed by atoms with Gasteiger partial charge in [-0.1, -0.05) is 25.4 Å². The van der Waals surface area contributed by atoms with Gasteiger partial charge in [0, 0.05) is 13.2 Å². The van der Waals surface area contributed by atoms with Gasteiger partial charge in [0.05, 0.1) is 0 Å². The van der Waals surface area contributed by atoms with Crippen LogP contribution in [0.4, 0.5) is 5.82 Å². The molecule has 0 amide bonds. The number of anilines is 1. The Morgan fingerprint density at radius 3 is 2.72 bits per heavy atom. The molecule has 1 aromatic heterocycles. The number of hydrogen-bond acceptors (Lipinski definition) is 4. The molecule has 0 spiro atoms. The third kappa shape index (κ3) is 4.16. The predicted octanol–water partition coefficient (Wildman–Crippen LogP) is 2.25. The quantitative estimate of drug-likeness (QED) is 0.692. The summed E-state index contributed by atoms with van der Waals surface area (Å²) in [7, 11) is 0. The molecule has 0 aliphatic carbocycles. The zero-order valence-corrected chi connectivity index (χ0v) is 11.2. The van der Waals surface area contributed by atoms with E-state index in [4.69, 9.17) is 21.8 Å². The van der Waals surface area contributed by atoms with Crippen molar-refractivity contribution in [1.82, 2.24) is 4.98 Å². The maximum absolute atomic E-state index is 11.0. The molecule has 0 aromatic carbocycles. The van der Waals surface area contributed by atoms with Crippen molar-refractivity contribution in [2.45, 2.75) is 20.3 Å². The number of aliphatic hydroxyl groups excluding tert-OH is 1. The topological polar surface area (TPSA) is 82.5 Å². The zero-order chi connectivity index (χ0) is 13.8. The molecule has 6 heteroatoms. The highest BCUT2D eigenvalue weighted by atomic mass is 35.5. The molecule has 0 saturated carbocycles. The van der Waals surface area contributed by atoms with E-state index in [-0.39, 0.29) is 28.6 Å². The third-order valence-electron chi connectivity index (χ3n) is 2.61. The molecule has 0 fully saturated rings. The Balaban J connectivity index is 2.83. The lowest BCUT2D eigenvalue weighted by Gasteiger charge is -2.24. The molecular weight excluding hydrogens is 256 g/mol. The number of nitrogens with one attached hydrogen (secondary N) is 1. The first-order valence-corrected chi connectivity index (χ1v) is 5.98. The molecule has 18 heavy (non-hydrogen) atoms. The number of aromatic carboxylic acids is 1. The molecule has 0 radical (unpaired) electrons. The first-order valence-electron chi connectivity index (χ1n) is 5.60.